The number of nitrogens with one attached hydrogen (secondary N) is 1. The van der Waals surface area contributed by atoms with Gasteiger partial charge >= 0.3 is 0 Å². The standard InChI is InChI=1S/C37H48N4O3S/c1-3-13-32(35(42)41-24-12-23-40(26-27-41)25-21-30-15-6-4-7-16-30)19-11-22-39-45(36(43)37(45)44)33-20-10-14-29(2)34(33)38-28-31-17-8-5-9-18-31/h4,6-7,10-11,13-16,19-20,28,31,39H,3,5,8-9,12,17-18,21-27H2,1-2H3/b19-11-,32-13+,38-28-. The number of hydrogen-bond acceptors (Lipinski definition) is 6. The van der Waals surface area contributed by atoms with Crippen LogP contribution in [0.5, 0.6) is 0 Å². The first kappa shape index (κ1) is 33.0. The third-order valence-electron chi connectivity index (χ3n) is 9.10. The Morgan fingerprint density at radius 1 is 0.956 bits per heavy atom. The molecule has 1 aliphatic carbocycles. The number of aryl methyl sites for hydroxylation is 1. The van der Waals surface area contributed by atoms with E-state index in [0.717, 1.165) is 69.5 Å². The number of carbonyl (C=O) groups is 3. The van der Waals surface area contributed by atoms with Crippen molar-refractivity contribution in [2.45, 2.75) is 70.1 Å². The minimum absolute atomic E-state index is 0.0386. The zero-order valence-corrected chi connectivity index (χ0v) is 27.7. The molecule has 45 heavy (non-hydrogen) atoms. The molecule has 0 atom stereocenters. The van der Waals surface area contributed by atoms with Gasteiger partial charge in [-0.3, -0.25) is 24.1 Å². The lowest BCUT2D eigenvalue weighted by molar-refractivity contribution is -0.126. The Kier molecular flexibility index (Phi) is 11.6. The van der Waals surface area contributed by atoms with Crippen molar-refractivity contribution < 1.29 is 14.4 Å². The number of amides is 1. The van der Waals surface area contributed by atoms with Crippen molar-refractivity contribution in [1.82, 2.24) is 14.5 Å². The molecule has 2 aromatic rings. The predicted molar refractivity (Wildman–Crippen MR) is 185 cm³/mol. The molecule has 0 unspecified atom stereocenters. The average Bonchev–Trinajstić information content (AvgIpc) is 3.69. The normalized spacial score (nSPS) is 20.6. The summed E-state index contributed by atoms with van der Waals surface area (Å²) in [6.07, 6.45) is 16.4. The highest BCUT2D eigenvalue weighted by molar-refractivity contribution is 8.69. The zero-order chi connectivity index (χ0) is 31.6. The smallest absolute Gasteiger partial charge is 0.272 e. The fourth-order valence-electron chi connectivity index (χ4n) is 6.42. The molecule has 0 bridgehead atoms. The topological polar surface area (TPSA) is 82.1 Å². The van der Waals surface area contributed by atoms with Crippen LogP contribution in [0.25, 0.3) is 0 Å². The lowest BCUT2D eigenvalue weighted by Gasteiger charge is -2.23. The van der Waals surface area contributed by atoms with E-state index in [1.165, 1.54) is 24.8 Å². The van der Waals surface area contributed by atoms with Crippen molar-refractivity contribution in [2.75, 3.05) is 39.3 Å². The zero-order valence-electron chi connectivity index (χ0n) is 26.9. The summed E-state index contributed by atoms with van der Waals surface area (Å²) in [5, 5.41) is -0.699. The third-order valence-corrected chi connectivity index (χ3v) is 12.0. The van der Waals surface area contributed by atoms with Gasteiger partial charge in [0.1, 0.15) is 0 Å². The molecular weight excluding hydrogens is 580 g/mol. The molecule has 1 saturated carbocycles. The molecule has 2 heterocycles. The number of allylic oxidation sites excluding steroid dienone is 1. The summed E-state index contributed by atoms with van der Waals surface area (Å²) in [5.74, 6) is 0.484. The van der Waals surface area contributed by atoms with Crippen molar-refractivity contribution in [3.05, 3.63) is 83.5 Å². The van der Waals surface area contributed by atoms with Crippen LogP contribution in [0.15, 0.2) is 82.2 Å². The highest BCUT2D eigenvalue weighted by atomic mass is 32.3. The molecule has 7 nitrogen and oxygen atoms in total. The Bertz CT molecular complexity index is 1430. The molecule has 3 fully saturated rings. The largest absolute Gasteiger partial charge is 0.337 e. The van der Waals surface area contributed by atoms with Crippen molar-refractivity contribution in [3.8, 4) is 0 Å². The van der Waals surface area contributed by atoms with Crippen LogP contribution in [0.3, 0.4) is 0 Å². The molecule has 2 aliphatic heterocycles. The molecule has 3 aliphatic rings. The summed E-state index contributed by atoms with van der Waals surface area (Å²) in [4.78, 5) is 49.4. The van der Waals surface area contributed by atoms with Crippen molar-refractivity contribution in [1.29, 1.82) is 0 Å². The first-order valence-corrected chi connectivity index (χ1v) is 18.3. The highest BCUT2D eigenvalue weighted by Gasteiger charge is 2.62. The van der Waals surface area contributed by atoms with Gasteiger partial charge in [0, 0.05) is 49.4 Å². The van der Waals surface area contributed by atoms with Gasteiger partial charge in [0.15, 0.2) is 0 Å². The van der Waals surface area contributed by atoms with E-state index in [4.69, 9.17) is 4.99 Å². The van der Waals surface area contributed by atoms with E-state index < -0.39 is 10.2 Å². The summed E-state index contributed by atoms with van der Waals surface area (Å²) in [6.45, 7) is 8.61. The van der Waals surface area contributed by atoms with Crippen LogP contribution >= 0.6 is 10.2 Å². The van der Waals surface area contributed by atoms with E-state index >= 15 is 0 Å². The van der Waals surface area contributed by atoms with E-state index in [1.54, 1.807) is 0 Å². The summed E-state index contributed by atoms with van der Waals surface area (Å²) in [6, 6.07) is 16.3. The Balaban J connectivity index is 1.21. The van der Waals surface area contributed by atoms with Crippen LogP contribution in [0.4, 0.5) is 5.69 Å². The number of rotatable bonds is 12. The number of carbonyl (C=O) groups excluding carboxylic acids is 3. The molecule has 8 heteroatoms. The SMILES string of the molecule is CC/C=C(\C=C/CNS1(c2cccc(C)c2/N=C\C2CCCCC2)C(=O)C1=O)C(=O)N1CCCN(CCc2ccccc2)CC1. The van der Waals surface area contributed by atoms with Crippen molar-refractivity contribution in [2.24, 2.45) is 10.9 Å². The van der Waals surface area contributed by atoms with Crippen molar-refractivity contribution in [3.63, 3.8) is 0 Å². The molecular formula is C37H48N4O3S. The summed E-state index contributed by atoms with van der Waals surface area (Å²) >= 11 is 0. The Hall–Kier alpha value is -3.33. The minimum Gasteiger partial charge on any atom is -0.337 e. The number of benzene rings is 2. The lowest BCUT2D eigenvalue weighted by Crippen LogP contribution is -2.36. The molecule has 2 aromatic carbocycles. The highest BCUT2D eigenvalue weighted by Crippen LogP contribution is 2.69. The summed E-state index contributed by atoms with van der Waals surface area (Å²) in [7, 11) is -2.47. The minimum atomic E-state index is -2.47. The van der Waals surface area contributed by atoms with Crippen molar-refractivity contribution >= 4 is 38.3 Å². The molecule has 240 valence electrons. The van der Waals surface area contributed by atoms with Crippen LogP contribution in [-0.2, 0) is 20.8 Å². The van der Waals surface area contributed by atoms with Gasteiger partial charge in [0.25, 0.3) is 16.1 Å². The number of hydrogen-bond donors (Lipinski definition) is 1. The van der Waals surface area contributed by atoms with Gasteiger partial charge in [0.2, 0.25) is 0 Å². The first-order valence-electron chi connectivity index (χ1n) is 16.7. The average molecular weight is 629 g/mol. The van der Waals surface area contributed by atoms with Gasteiger partial charge < -0.3 is 9.80 Å². The van der Waals surface area contributed by atoms with Gasteiger partial charge in [-0.1, -0.05) is 86.9 Å². The van der Waals surface area contributed by atoms with E-state index in [9.17, 15) is 14.4 Å². The van der Waals surface area contributed by atoms with Gasteiger partial charge in [-0.25, -0.2) is 0 Å². The predicted octanol–water partition coefficient (Wildman–Crippen LogP) is 6.68. The monoisotopic (exact) mass is 628 g/mol. The maximum absolute atomic E-state index is 13.6. The molecule has 1 amide bonds. The Morgan fingerprint density at radius 2 is 1.73 bits per heavy atom. The quantitative estimate of drug-likeness (QED) is 0.0932. The number of aliphatic imine (C=N–C) groups is 1. The summed E-state index contributed by atoms with van der Waals surface area (Å²) < 4.78 is 3.32. The van der Waals surface area contributed by atoms with Crippen LogP contribution in [-0.4, -0.2) is 71.4 Å². The second-order valence-corrected chi connectivity index (χ2v) is 15.0. The fourth-order valence-corrected chi connectivity index (χ4v) is 8.98. The molecule has 0 spiro atoms. The van der Waals surface area contributed by atoms with Gasteiger partial charge in [-0.05, 0) is 78.9 Å². The van der Waals surface area contributed by atoms with Gasteiger partial charge in [-0.2, -0.15) is 0 Å². The first-order chi connectivity index (χ1) is 21.9. The number of para-hydroxylation sites is 1. The molecule has 1 N–H and O–H groups in total. The van der Waals surface area contributed by atoms with E-state index in [2.05, 4.69) is 33.9 Å². The van der Waals surface area contributed by atoms with Crippen LogP contribution < -0.4 is 4.72 Å². The maximum Gasteiger partial charge on any atom is 0.272 e. The molecule has 0 radical (unpaired) electrons. The van der Waals surface area contributed by atoms with E-state index in [1.807, 2.05) is 67.5 Å². The second kappa shape index (κ2) is 15.8. The molecule has 0 aromatic heterocycles. The third kappa shape index (κ3) is 8.10. The fraction of sp³-hybridized carbons (Fsp3) is 0.459. The Morgan fingerprint density at radius 3 is 2.47 bits per heavy atom. The molecule has 5 rings (SSSR count). The molecule has 2 saturated heterocycles. The summed E-state index contributed by atoms with van der Waals surface area (Å²) in [5.41, 5.74) is 3.70. The maximum atomic E-state index is 13.6. The lowest BCUT2D eigenvalue weighted by atomic mass is 9.90. The second-order valence-electron chi connectivity index (χ2n) is 12.3. The number of nitrogens with zero attached hydrogens (tertiary/aromatic N) is 3. The van der Waals surface area contributed by atoms with Gasteiger partial charge in [0.05, 0.1) is 5.69 Å². The Labute approximate surface area is 270 Å². The van der Waals surface area contributed by atoms with Crippen LogP contribution in [0, 0.1) is 12.8 Å². The van der Waals surface area contributed by atoms with Crippen LogP contribution in [0.1, 0.15) is 63.0 Å². The van der Waals surface area contributed by atoms with E-state index in [0.29, 0.717) is 29.5 Å². The van der Waals surface area contributed by atoms with Gasteiger partial charge in [-0.15, -0.1) is 0 Å². The van der Waals surface area contributed by atoms with E-state index in [-0.39, 0.29) is 16.1 Å². The van der Waals surface area contributed by atoms with Crippen LogP contribution in [0.2, 0.25) is 0 Å².